The second kappa shape index (κ2) is 8.80. The van der Waals surface area contributed by atoms with Crippen molar-refractivity contribution in [3.63, 3.8) is 0 Å². The van der Waals surface area contributed by atoms with Crippen molar-refractivity contribution in [2.45, 2.75) is 18.0 Å². The molecule has 2 aliphatic heterocycles. The SMILES string of the molecule is O=C(c1ccccc1Cl)[C@H]1[C@H](c2ccc(F)cc2)C2(C(=O)c3ccccc3C2=O)[C@H]2C=Cc3cc(F)ccc3N12. The number of rotatable bonds is 3. The minimum atomic E-state index is -1.73. The summed E-state index contributed by atoms with van der Waals surface area (Å²) in [4.78, 5) is 45.4. The average Bonchev–Trinajstić information content (AvgIpc) is 3.39. The predicted octanol–water partition coefficient (Wildman–Crippen LogP) is 6.93. The van der Waals surface area contributed by atoms with Crippen molar-refractivity contribution < 1.29 is 23.2 Å². The number of benzene rings is 4. The van der Waals surface area contributed by atoms with Crippen LogP contribution in [-0.2, 0) is 0 Å². The summed E-state index contributed by atoms with van der Waals surface area (Å²) in [5, 5.41) is 0.224. The molecule has 2 heterocycles. The first kappa shape index (κ1) is 24.6. The Hall–Kier alpha value is -4.42. The molecule has 0 N–H and O–H groups in total. The molecule has 7 heteroatoms. The van der Waals surface area contributed by atoms with Gasteiger partial charge in [0.15, 0.2) is 17.3 Å². The normalized spacial score (nSPS) is 21.9. The van der Waals surface area contributed by atoms with Gasteiger partial charge >= 0.3 is 0 Å². The molecule has 3 atom stereocenters. The van der Waals surface area contributed by atoms with Gasteiger partial charge in [0.25, 0.3) is 0 Å². The fourth-order valence-corrected chi connectivity index (χ4v) is 7.04. The molecule has 3 aliphatic rings. The Kier molecular flexibility index (Phi) is 5.41. The third kappa shape index (κ3) is 3.20. The highest BCUT2D eigenvalue weighted by molar-refractivity contribution is 6.35. The first-order chi connectivity index (χ1) is 19.3. The number of Topliss-reactive ketones (excluding diaryl/α,β-unsaturated/α-hetero) is 3. The lowest BCUT2D eigenvalue weighted by Gasteiger charge is -2.37. The van der Waals surface area contributed by atoms with Crippen molar-refractivity contribution in [2.24, 2.45) is 5.41 Å². The molecule has 0 saturated carbocycles. The molecule has 0 amide bonds. The van der Waals surface area contributed by atoms with Gasteiger partial charge in [-0.2, -0.15) is 0 Å². The van der Waals surface area contributed by atoms with Crippen molar-refractivity contribution in [3.05, 3.63) is 142 Å². The molecule has 40 heavy (non-hydrogen) atoms. The molecule has 0 unspecified atom stereocenters. The maximum absolute atomic E-state index is 14.6. The van der Waals surface area contributed by atoms with Crippen LogP contribution in [0.15, 0.2) is 97.1 Å². The molecule has 4 aromatic rings. The number of fused-ring (bicyclic) bond motifs is 5. The first-order valence-electron chi connectivity index (χ1n) is 12.8. The molecule has 7 rings (SSSR count). The Balaban J connectivity index is 1.56. The lowest BCUT2D eigenvalue weighted by Crippen LogP contribution is -2.48. The second-order valence-electron chi connectivity index (χ2n) is 10.3. The monoisotopic (exact) mass is 551 g/mol. The fraction of sp³-hybridized carbons (Fsp3) is 0.121. The number of hydrogen-bond acceptors (Lipinski definition) is 4. The van der Waals surface area contributed by atoms with Gasteiger partial charge in [-0.1, -0.05) is 72.3 Å². The van der Waals surface area contributed by atoms with Gasteiger partial charge < -0.3 is 4.90 Å². The van der Waals surface area contributed by atoms with E-state index in [0.717, 1.165) is 0 Å². The fourth-order valence-electron chi connectivity index (χ4n) is 6.81. The van der Waals surface area contributed by atoms with E-state index in [1.54, 1.807) is 71.6 Å². The smallest absolute Gasteiger partial charge is 0.187 e. The van der Waals surface area contributed by atoms with Crippen LogP contribution in [0.5, 0.6) is 0 Å². The second-order valence-corrected chi connectivity index (χ2v) is 10.7. The summed E-state index contributed by atoms with van der Waals surface area (Å²) in [5.41, 5.74) is 0.551. The number of carbonyl (C=O) groups is 3. The predicted molar refractivity (Wildman–Crippen MR) is 148 cm³/mol. The Morgan fingerprint density at radius 3 is 2.10 bits per heavy atom. The van der Waals surface area contributed by atoms with Crippen molar-refractivity contribution in [1.82, 2.24) is 0 Å². The highest BCUT2D eigenvalue weighted by Gasteiger charge is 2.71. The highest BCUT2D eigenvalue weighted by atomic mass is 35.5. The highest BCUT2D eigenvalue weighted by Crippen LogP contribution is 2.61. The Labute approximate surface area is 233 Å². The van der Waals surface area contributed by atoms with E-state index in [4.69, 9.17) is 11.6 Å². The molecule has 0 bridgehead atoms. The summed E-state index contributed by atoms with van der Waals surface area (Å²) in [6.07, 6.45) is 3.40. The maximum atomic E-state index is 14.6. The number of ketones is 3. The van der Waals surface area contributed by atoms with Gasteiger partial charge in [0, 0.05) is 33.9 Å². The minimum Gasteiger partial charge on any atom is -0.352 e. The van der Waals surface area contributed by atoms with Gasteiger partial charge in [-0.25, -0.2) is 8.78 Å². The maximum Gasteiger partial charge on any atom is 0.187 e. The molecular weight excluding hydrogens is 532 g/mol. The Morgan fingerprint density at radius 2 is 1.43 bits per heavy atom. The number of anilines is 1. The summed E-state index contributed by atoms with van der Waals surface area (Å²) >= 11 is 6.50. The topological polar surface area (TPSA) is 54.5 Å². The average molecular weight is 552 g/mol. The number of nitrogens with zero attached hydrogens (tertiary/aromatic N) is 1. The van der Waals surface area contributed by atoms with Crippen molar-refractivity contribution in [2.75, 3.05) is 4.90 Å². The first-order valence-corrected chi connectivity index (χ1v) is 13.2. The minimum absolute atomic E-state index is 0.224. The number of hydrogen-bond donors (Lipinski definition) is 0. The van der Waals surface area contributed by atoms with Crippen molar-refractivity contribution >= 4 is 40.7 Å². The van der Waals surface area contributed by atoms with E-state index in [9.17, 15) is 23.2 Å². The Bertz CT molecular complexity index is 1750. The molecule has 4 nitrogen and oxygen atoms in total. The molecule has 1 fully saturated rings. The quantitative estimate of drug-likeness (QED) is 0.204. The van der Waals surface area contributed by atoms with Gasteiger partial charge in [0.2, 0.25) is 0 Å². The molecular formula is C33H20ClF2NO3. The van der Waals surface area contributed by atoms with E-state index in [1.165, 1.54) is 36.4 Å². The standard InChI is InChI=1S/C33H20ClF2NO3/c34-25-8-4-3-7-24(25)30(38)29-28(18-9-12-20(35)13-10-18)33(31(39)22-5-1-2-6-23(22)32(33)40)27-16-11-19-17-21(36)14-15-26(19)37(27)29/h1-17,27-29H/t27-,28+,29-/m1/s1. The van der Waals surface area contributed by atoms with Crippen LogP contribution in [0.25, 0.3) is 6.08 Å². The van der Waals surface area contributed by atoms with Gasteiger partial charge in [-0.3, -0.25) is 14.4 Å². The number of halogens is 3. The van der Waals surface area contributed by atoms with Crippen LogP contribution in [0.3, 0.4) is 0 Å². The van der Waals surface area contributed by atoms with E-state index < -0.39 is 52.4 Å². The molecule has 0 aromatic heterocycles. The summed E-state index contributed by atoms with van der Waals surface area (Å²) < 4.78 is 28.4. The van der Waals surface area contributed by atoms with Crippen molar-refractivity contribution in [1.29, 1.82) is 0 Å². The van der Waals surface area contributed by atoms with Crippen LogP contribution >= 0.6 is 11.6 Å². The summed E-state index contributed by atoms with van der Waals surface area (Å²) in [7, 11) is 0. The largest absolute Gasteiger partial charge is 0.352 e. The summed E-state index contributed by atoms with van der Waals surface area (Å²) in [6, 6.07) is 21.0. The van der Waals surface area contributed by atoms with Crippen molar-refractivity contribution in [3.8, 4) is 0 Å². The zero-order valence-corrected chi connectivity index (χ0v) is 21.6. The van der Waals surface area contributed by atoms with Crippen LogP contribution in [0, 0.1) is 17.0 Å². The summed E-state index contributed by atoms with van der Waals surface area (Å²) in [6.45, 7) is 0. The molecule has 1 spiro atoms. The molecule has 196 valence electrons. The summed E-state index contributed by atoms with van der Waals surface area (Å²) in [5.74, 6) is -3.15. The molecule has 4 aromatic carbocycles. The van der Waals surface area contributed by atoms with Crippen LogP contribution in [0.4, 0.5) is 14.5 Å². The van der Waals surface area contributed by atoms with E-state index in [-0.39, 0.29) is 21.7 Å². The van der Waals surface area contributed by atoms with Gasteiger partial charge in [-0.05, 0) is 48.0 Å². The zero-order valence-electron chi connectivity index (χ0n) is 20.9. The third-order valence-corrected chi connectivity index (χ3v) is 8.73. The van der Waals surface area contributed by atoms with Crippen LogP contribution < -0.4 is 4.90 Å². The zero-order chi connectivity index (χ0) is 27.8. The van der Waals surface area contributed by atoms with E-state index >= 15 is 0 Å². The van der Waals surface area contributed by atoms with Gasteiger partial charge in [0.1, 0.15) is 23.1 Å². The molecule has 1 aliphatic carbocycles. The number of carbonyl (C=O) groups excluding carboxylic acids is 3. The van der Waals surface area contributed by atoms with Gasteiger partial charge in [0.05, 0.1) is 11.1 Å². The van der Waals surface area contributed by atoms with E-state index in [1.807, 2.05) is 0 Å². The molecule has 1 saturated heterocycles. The van der Waals surface area contributed by atoms with Crippen LogP contribution in [0.1, 0.15) is 48.1 Å². The molecule has 0 radical (unpaired) electrons. The van der Waals surface area contributed by atoms with E-state index in [0.29, 0.717) is 16.8 Å². The lowest BCUT2D eigenvalue weighted by molar-refractivity contribution is 0.0666. The van der Waals surface area contributed by atoms with Gasteiger partial charge in [-0.15, -0.1) is 0 Å². The Morgan fingerprint density at radius 1 is 0.800 bits per heavy atom. The van der Waals surface area contributed by atoms with E-state index in [2.05, 4.69) is 0 Å². The van der Waals surface area contributed by atoms with Crippen LogP contribution in [-0.4, -0.2) is 29.4 Å². The lowest BCUT2D eigenvalue weighted by atomic mass is 9.64. The van der Waals surface area contributed by atoms with Crippen LogP contribution in [0.2, 0.25) is 5.02 Å². The third-order valence-electron chi connectivity index (χ3n) is 8.40.